The second-order valence-electron chi connectivity index (χ2n) is 9.56. The quantitative estimate of drug-likeness (QED) is 0.277. The van der Waals surface area contributed by atoms with Crippen molar-refractivity contribution in [1.29, 1.82) is 0 Å². The molecule has 1 aliphatic carbocycles. The number of aromatic nitrogens is 2. The Labute approximate surface area is 214 Å². The molecule has 0 saturated carbocycles. The minimum atomic E-state index is -4.68. The van der Waals surface area contributed by atoms with Crippen molar-refractivity contribution in [3.63, 3.8) is 0 Å². The highest BCUT2D eigenvalue weighted by molar-refractivity contribution is 7.13. The number of thiazole rings is 1. The summed E-state index contributed by atoms with van der Waals surface area (Å²) >= 11 is 7.16. The lowest BCUT2D eigenvalue weighted by atomic mass is 9.75. The molecule has 0 bridgehead atoms. The minimum absolute atomic E-state index is 0.0870. The fraction of sp³-hybridized carbons (Fsp3) is 0.222. The number of benzene rings is 2. The van der Waals surface area contributed by atoms with Crippen molar-refractivity contribution in [2.24, 2.45) is 5.41 Å². The molecule has 5 rings (SSSR count). The first-order valence-corrected chi connectivity index (χ1v) is 12.4. The van der Waals surface area contributed by atoms with Crippen molar-refractivity contribution in [1.82, 2.24) is 9.55 Å². The van der Waals surface area contributed by atoms with Crippen molar-refractivity contribution < 1.29 is 18.0 Å². The summed E-state index contributed by atoms with van der Waals surface area (Å²) in [5.41, 5.74) is -0.386. The molecule has 0 aliphatic heterocycles. The first kappa shape index (κ1) is 24.5. The summed E-state index contributed by atoms with van der Waals surface area (Å²) in [6.45, 7) is 3.73. The molecule has 0 atom stereocenters. The van der Waals surface area contributed by atoms with Gasteiger partial charge in [-0.05, 0) is 42.2 Å². The number of fused-ring (bicyclic) bond motifs is 1. The van der Waals surface area contributed by atoms with Crippen LogP contribution in [0.15, 0.2) is 64.8 Å². The average Bonchev–Trinajstić information content (AvgIpc) is 3.28. The van der Waals surface area contributed by atoms with Gasteiger partial charge < -0.3 is 0 Å². The van der Waals surface area contributed by atoms with E-state index in [9.17, 15) is 22.8 Å². The monoisotopic (exact) mass is 528 g/mol. The van der Waals surface area contributed by atoms with Gasteiger partial charge in [0.1, 0.15) is 5.01 Å². The summed E-state index contributed by atoms with van der Waals surface area (Å²) in [6, 6.07) is 13.4. The lowest BCUT2D eigenvalue weighted by Crippen LogP contribution is -2.35. The summed E-state index contributed by atoms with van der Waals surface area (Å²) in [7, 11) is 0. The molecule has 0 radical (unpaired) electrons. The number of Topliss-reactive ketones (excluding diaryl/α,β-unsaturated/α-hetero) is 1. The van der Waals surface area contributed by atoms with Crippen molar-refractivity contribution in [2.75, 3.05) is 0 Å². The third kappa shape index (κ3) is 4.40. The molecule has 0 fully saturated rings. The van der Waals surface area contributed by atoms with Crippen LogP contribution >= 0.6 is 22.9 Å². The highest BCUT2D eigenvalue weighted by atomic mass is 35.5. The van der Waals surface area contributed by atoms with Crippen LogP contribution in [0.1, 0.15) is 41.9 Å². The zero-order chi connectivity index (χ0) is 25.8. The summed E-state index contributed by atoms with van der Waals surface area (Å²) in [5, 5.41) is 2.65. The summed E-state index contributed by atoms with van der Waals surface area (Å²) in [5.74, 6) is -0.213. The maximum absolute atomic E-state index is 14.0. The zero-order valence-corrected chi connectivity index (χ0v) is 20.9. The van der Waals surface area contributed by atoms with Crippen LogP contribution in [-0.2, 0) is 12.6 Å². The smallest absolute Gasteiger partial charge is 0.294 e. The van der Waals surface area contributed by atoms with E-state index in [1.54, 1.807) is 29.6 Å². The maximum atomic E-state index is 14.0. The Bertz CT molecular complexity index is 1550. The van der Waals surface area contributed by atoms with Gasteiger partial charge in [0.25, 0.3) is 5.56 Å². The van der Waals surface area contributed by atoms with Gasteiger partial charge in [0.15, 0.2) is 5.78 Å². The summed E-state index contributed by atoms with van der Waals surface area (Å²) in [4.78, 5) is 31.6. The second kappa shape index (κ2) is 8.71. The van der Waals surface area contributed by atoms with Gasteiger partial charge in [0.05, 0.1) is 22.5 Å². The number of hydrogen-bond donors (Lipinski definition) is 0. The molecule has 2 heterocycles. The normalized spacial score (nSPS) is 15.1. The molecule has 0 N–H and O–H groups in total. The van der Waals surface area contributed by atoms with Crippen molar-refractivity contribution in [2.45, 2.75) is 32.9 Å². The van der Waals surface area contributed by atoms with E-state index in [4.69, 9.17) is 11.6 Å². The molecule has 2 aromatic heterocycles. The molecule has 184 valence electrons. The number of rotatable bonds is 3. The van der Waals surface area contributed by atoms with Crippen LogP contribution in [0.3, 0.4) is 0 Å². The van der Waals surface area contributed by atoms with Crippen LogP contribution in [0.25, 0.3) is 27.5 Å². The van der Waals surface area contributed by atoms with Gasteiger partial charge in [-0.15, -0.1) is 11.3 Å². The molecule has 0 saturated heterocycles. The van der Waals surface area contributed by atoms with Gasteiger partial charge in [-0.1, -0.05) is 49.7 Å². The van der Waals surface area contributed by atoms with Gasteiger partial charge in [-0.3, -0.25) is 14.2 Å². The minimum Gasteiger partial charge on any atom is -0.294 e. The van der Waals surface area contributed by atoms with E-state index in [-0.39, 0.29) is 41.1 Å². The first-order chi connectivity index (χ1) is 16.9. The van der Waals surface area contributed by atoms with E-state index in [0.29, 0.717) is 15.7 Å². The number of para-hydroxylation sites is 1. The molecule has 2 aromatic carbocycles. The standard InChI is InChI=1S/C27H20ClF3N2O2S/c1-26(2)12-22-17(23(34)13-26)11-18(24-32-20(14-36-24)15-7-9-16(28)10-8-15)25(35)33(22)21-6-4-3-5-19(21)27(29,30)31/h3-11,14H,12-13H2,1-2H3. The predicted octanol–water partition coefficient (Wildman–Crippen LogP) is 7.46. The maximum Gasteiger partial charge on any atom is 0.418 e. The molecule has 4 nitrogen and oxygen atoms in total. The number of pyridine rings is 1. The fourth-order valence-electron chi connectivity index (χ4n) is 4.58. The predicted molar refractivity (Wildman–Crippen MR) is 135 cm³/mol. The molecule has 0 spiro atoms. The number of carbonyl (C=O) groups excluding carboxylic acids is 1. The molecular formula is C27H20ClF3N2O2S. The zero-order valence-electron chi connectivity index (χ0n) is 19.3. The number of nitrogens with zero attached hydrogens (tertiary/aromatic N) is 2. The molecular weight excluding hydrogens is 509 g/mol. The topological polar surface area (TPSA) is 52.0 Å². The van der Waals surface area contributed by atoms with Crippen molar-refractivity contribution >= 4 is 28.7 Å². The third-order valence-electron chi connectivity index (χ3n) is 6.21. The average molecular weight is 529 g/mol. The van der Waals surface area contributed by atoms with E-state index in [2.05, 4.69) is 4.98 Å². The summed E-state index contributed by atoms with van der Waals surface area (Å²) in [6.07, 6.45) is -4.17. The van der Waals surface area contributed by atoms with E-state index in [1.165, 1.54) is 35.6 Å². The Balaban J connectivity index is 1.77. The number of alkyl halides is 3. The van der Waals surface area contributed by atoms with Gasteiger partial charge in [-0.25, -0.2) is 4.98 Å². The van der Waals surface area contributed by atoms with Gasteiger partial charge in [-0.2, -0.15) is 13.2 Å². The lowest BCUT2D eigenvalue weighted by molar-refractivity contribution is -0.137. The van der Waals surface area contributed by atoms with Gasteiger partial charge >= 0.3 is 6.18 Å². The SMILES string of the molecule is CC1(C)CC(=O)c2cc(-c3nc(-c4ccc(Cl)cc4)cs3)c(=O)n(-c3ccccc3C(F)(F)F)c2C1. The number of carbonyl (C=O) groups is 1. The number of ketones is 1. The summed E-state index contributed by atoms with van der Waals surface area (Å²) < 4.78 is 43.0. The molecule has 0 amide bonds. The van der Waals surface area contributed by atoms with Crippen molar-refractivity contribution in [3.8, 4) is 27.5 Å². The lowest BCUT2D eigenvalue weighted by Gasteiger charge is -2.32. The van der Waals surface area contributed by atoms with Crippen LogP contribution in [0.5, 0.6) is 0 Å². The highest BCUT2D eigenvalue weighted by Crippen LogP contribution is 2.39. The first-order valence-electron chi connectivity index (χ1n) is 11.2. The van der Waals surface area contributed by atoms with Gasteiger partial charge in [0.2, 0.25) is 0 Å². The Hall–Kier alpha value is -3.23. The van der Waals surface area contributed by atoms with E-state index in [0.717, 1.165) is 16.2 Å². The van der Waals surface area contributed by atoms with Crippen LogP contribution in [-0.4, -0.2) is 15.3 Å². The molecule has 36 heavy (non-hydrogen) atoms. The molecule has 0 unspecified atom stereocenters. The molecule has 1 aliphatic rings. The second-order valence-corrected chi connectivity index (χ2v) is 10.9. The molecule has 9 heteroatoms. The Morgan fingerprint density at radius 2 is 1.69 bits per heavy atom. The third-order valence-corrected chi connectivity index (χ3v) is 7.34. The van der Waals surface area contributed by atoms with E-state index in [1.807, 2.05) is 13.8 Å². The van der Waals surface area contributed by atoms with Crippen LogP contribution in [0, 0.1) is 5.41 Å². The fourth-order valence-corrected chi connectivity index (χ4v) is 5.54. The molecule has 4 aromatic rings. The largest absolute Gasteiger partial charge is 0.418 e. The Morgan fingerprint density at radius 1 is 1.00 bits per heavy atom. The van der Waals surface area contributed by atoms with Gasteiger partial charge in [0, 0.05) is 33.6 Å². The Kier molecular flexibility index (Phi) is 5.92. The van der Waals surface area contributed by atoms with E-state index < -0.39 is 22.7 Å². The number of hydrogen-bond acceptors (Lipinski definition) is 4. The van der Waals surface area contributed by atoms with E-state index >= 15 is 0 Å². The highest BCUT2D eigenvalue weighted by Gasteiger charge is 2.38. The van der Waals surface area contributed by atoms with Crippen molar-refractivity contribution in [3.05, 3.63) is 92.2 Å². The van der Waals surface area contributed by atoms with Crippen LogP contribution in [0.4, 0.5) is 13.2 Å². The Morgan fingerprint density at radius 3 is 2.39 bits per heavy atom. The van der Waals surface area contributed by atoms with Crippen LogP contribution < -0.4 is 5.56 Å². The number of halogens is 4. The van der Waals surface area contributed by atoms with Crippen LogP contribution in [0.2, 0.25) is 5.02 Å².